The van der Waals surface area contributed by atoms with E-state index >= 15 is 0 Å². The van der Waals surface area contributed by atoms with Crippen molar-refractivity contribution in [1.82, 2.24) is 15.2 Å². The van der Waals surface area contributed by atoms with Crippen LogP contribution in [-0.2, 0) is 15.0 Å². The second-order valence-corrected chi connectivity index (χ2v) is 9.45. The SMILES string of the molecule is CC(=O)C1(c2ccccc2)CCN(C(=O)C(c2ccccc2)N2C=NC3NN=CC3C2=S)CC1. The van der Waals surface area contributed by atoms with Crippen LogP contribution in [0.15, 0.2) is 70.8 Å². The molecule has 0 radical (unpaired) electrons. The van der Waals surface area contributed by atoms with Gasteiger partial charge in [-0.25, -0.2) is 4.99 Å². The fourth-order valence-corrected chi connectivity index (χ4v) is 5.54. The van der Waals surface area contributed by atoms with Crippen molar-refractivity contribution < 1.29 is 9.59 Å². The van der Waals surface area contributed by atoms with Crippen molar-refractivity contribution in [3.63, 3.8) is 0 Å². The molecule has 7 nitrogen and oxygen atoms in total. The minimum absolute atomic E-state index is 0.0356. The van der Waals surface area contributed by atoms with Gasteiger partial charge in [0, 0.05) is 19.3 Å². The lowest BCUT2D eigenvalue weighted by molar-refractivity contribution is -0.138. The van der Waals surface area contributed by atoms with Crippen molar-refractivity contribution in [3.8, 4) is 0 Å². The van der Waals surface area contributed by atoms with E-state index < -0.39 is 11.5 Å². The van der Waals surface area contributed by atoms with Gasteiger partial charge < -0.3 is 9.80 Å². The summed E-state index contributed by atoms with van der Waals surface area (Å²) in [5.41, 5.74) is 4.27. The molecule has 0 bridgehead atoms. The molecular weight excluding hydrogens is 446 g/mol. The van der Waals surface area contributed by atoms with Crippen LogP contribution in [0.2, 0.25) is 0 Å². The third kappa shape index (κ3) is 3.81. The van der Waals surface area contributed by atoms with Gasteiger partial charge in [-0.1, -0.05) is 72.9 Å². The first-order valence-corrected chi connectivity index (χ1v) is 12.0. The number of benzene rings is 2. The molecule has 3 atom stereocenters. The van der Waals surface area contributed by atoms with E-state index in [9.17, 15) is 9.59 Å². The molecule has 0 aliphatic carbocycles. The molecule has 1 N–H and O–H groups in total. The highest BCUT2D eigenvalue weighted by molar-refractivity contribution is 7.80. The molecular formula is C26H27N5O2S. The lowest BCUT2D eigenvalue weighted by atomic mass is 9.70. The molecule has 8 heteroatoms. The third-order valence-corrected chi connectivity index (χ3v) is 7.71. The lowest BCUT2D eigenvalue weighted by Crippen LogP contribution is -2.54. The Bertz CT molecular complexity index is 1140. The highest BCUT2D eigenvalue weighted by Crippen LogP contribution is 2.38. The van der Waals surface area contributed by atoms with E-state index in [2.05, 4.69) is 15.5 Å². The molecule has 5 rings (SSSR count). The lowest BCUT2D eigenvalue weighted by Gasteiger charge is -2.43. The maximum Gasteiger partial charge on any atom is 0.250 e. The Kier molecular flexibility index (Phi) is 6.00. The second-order valence-electron chi connectivity index (χ2n) is 9.03. The van der Waals surface area contributed by atoms with Crippen molar-refractivity contribution in [3.05, 3.63) is 71.8 Å². The summed E-state index contributed by atoms with van der Waals surface area (Å²) in [5, 5.41) is 4.11. The van der Waals surface area contributed by atoms with Crippen molar-refractivity contribution in [2.45, 2.75) is 37.4 Å². The number of amides is 1. The van der Waals surface area contributed by atoms with Gasteiger partial charge in [0.1, 0.15) is 18.0 Å². The van der Waals surface area contributed by atoms with Crippen LogP contribution in [0.4, 0.5) is 0 Å². The van der Waals surface area contributed by atoms with Gasteiger partial charge in [-0.05, 0) is 30.9 Å². The Morgan fingerprint density at radius 1 is 1.06 bits per heavy atom. The minimum Gasteiger partial charge on any atom is -0.341 e. The molecule has 2 aromatic carbocycles. The van der Waals surface area contributed by atoms with Gasteiger partial charge >= 0.3 is 0 Å². The second kappa shape index (κ2) is 9.10. The smallest absolute Gasteiger partial charge is 0.250 e. The van der Waals surface area contributed by atoms with Gasteiger partial charge in [0.25, 0.3) is 0 Å². The summed E-state index contributed by atoms with van der Waals surface area (Å²) >= 11 is 5.78. The number of piperidine rings is 1. The van der Waals surface area contributed by atoms with Gasteiger partial charge in [-0.3, -0.25) is 15.0 Å². The third-order valence-electron chi connectivity index (χ3n) is 7.23. The number of carbonyl (C=O) groups excluding carboxylic acids is 2. The van der Waals surface area contributed by atoms with Crippen LogP contribution in [0.3, 0.4) is 0 Å². The molecule has 0 spiro atoms. The zero-order valence-electron chi connectivity index (χ0n) is 19.0. The summed E-state index contributed by atoms with van der Waals surface area (Å²) in [6.45, 7) is 2.67. The Morgan fingerprint density at radius 2 is 1.71 bits per heavy atom. The minimum atomic E-state index is -0.617. The summed E-state index contributed by atoms with van der Waals surface area (Å²) in [6.07, 6.45) is 4.39. The highest BCUT2D eigenvalue weighted by Gasteiger charge is 2.44. The van der Waals surface area contributed by atoms with Crippen molar-refractivity contribution >= 4 is 41.4 Å². The highest BCUT2D eigenvalue weighted by atomic mass is 32.1. The first-order valence-electron chi connectivity index (χ1n) is 11.6. The predicted molar refractivity (Wildman–Crippen MR) is 136 cm³/mol. The number of hydrogen-bond donors (Lipinski definition) is 1. The molecule has 1 saturated heterocycles. The van der Waals surface area contributed by atoms with E-state index in [1.807, 2.05) is 65.6 Å². The van der Waals surface area contributed by atoms with Gasteiger partial charge in [-0.2, -0.15) is 5.10 Å². The number of hydrogen-bond acceptors (Lipinski definition) is 6. The van der Waals surface area contributed by atoms with Crippen LogP contribution in [0, 0.1) is 5.92 Å². The average Bonchev–Trinajstić information content (AvgIpc) is 3.36. The molecule has 1 amide bonds. The Labute approximate surface area is 204 Å². The van der Waals surface area contributed by atoms with E-state index in [4.69, 9.17) is 12.2 Å². The van der Waals surface area contributed by atoms with Crippen LogP contribution in [0.25, 0.3) is 0 Å². The summed E-state index contributed by atoms with van der Waals surface area (Å²) in [5.74, 6) is -0.0517. The predicted octanol–water partition coefficient (Wildman–Crippen LogP) is 3.08. The molecule has 3 heterocycles. The molecule has 0 aromatic heterocycles. The fourth-order valence-electron chi connectivity index (χ4n) is 5.19. The molecule has 34 heavy (non-hydrogen) atoms. The normalized spacial score (nSPS) is 23.9. The summed E-state index contributed by atoms with van der Waals surface area (Å²) in [7, 11) is 0. The van der Waals surface area contributed by atoms with Crippen LogP contribution < -0.4 is 5.43 Å². The van der Waals surface area contributed by atoms with Crippen LogP contribution in [-0.4, -0.2) is 58.3 Å². The number of nitrogens with one attached hydrogen (secondary N) is 1. The van der Waals surface area contributed by atoms with E-state index in [0.29, 0.717) is 30.9 Å². The number of thiocarbonyl (C=S) groups is 1. The van der Waals surface area contributed by atoms with Gasteiger partial charge in [0.05, 0.1) is 22.7 Å². The number of carbonyl (C=O) groups is 2. The number of fused-ring (bicyclic) bond motifs is 1. The number of nitrogens with zero attached hydrogens (tertiary/aromatic N) is 4. The first-order chi connectivity index (χ1) is 16.5. The number of aliphatic imine (C=N–C) groups is 1. The topological polar surface area (TPSA) is 77.4 Å². The number of Topliss-reactive ketones (excluding diaryl/α,β-unsaturated/α-hetero) is 1. The summed E-state index contributed by atoms with van der Waals surface area (Å²) < 4.78 is 0. The van der Waals surface area contributed by atoms with E-state index in [1.54, 1.807) is 24.4 Å². The molecule has 2 aromatic rings. The summed E-state index contributed by atoms with van der Waals surface area (Å²) in [4.78, 5) is 35.6. The number of likely N-dealkylation sites (tertiary alicyclic amines) is 1. The van der Waals surface area contributed by atoms with Crippen molar-refractivity contribution in [2.75, 3.05) is 13.1 Å². The Hall–Kier alpha value is -3.39. The van der Waals surface area contributed by atoms with Crippen molar-refractivity contribution in [2.24, 2.45) is 16.0 Å². The van der Waals surface area contributed by atoms with Gasteiger partial charge in [-0.15, -0.1) is 0 Å². The van der Waals surface area contributed by atoms with E-state index in [0.717, 1.165) is 11.1 Å². The molecule has 3 aliphatic rings. The Balaban J connectivity index is 1.42. The molecule has 3 unspecified atom stereocenters. The van der Waals surface area contributed by atoms with Gasteiger partial charge in [0.2, 0.25) is 5.91 Å². The molecule has 174 valence electrons. The largest absolute Gasteiger partial charge is 0.341 e. The standard InChI is InChI=1S/C26H27N5O2S/c1-18(32)26(20-10-6-3-7-11-20)12-14-30(15-13-26)24(33)22(19-8-4-2-5-9-19)31-17-27-23-21(25(31)34)16-28-29-23/h2-11,16-17,21-23,29H,12-15H2,1H3. The number of hydrazone groups is 1. The van der Waals surface area contributed by atoms with Crippen molar-refractivity contribution in [1.29, 1.82) is 0 Å². The van der Waals surface area contributed by atoms with Crippen LogP contribution in [0.5, 0.6) is 0 Å². The molecule has 1 fully saturated rings. The van der Waals surface area contributed by atoms with Crippen LogP contribution in [0.1, 0.15) is 36.9 Å². The number of ketones is 1. The molecule has 3 aliphatic heterocycles. The average molecular weight is 474 g/mol. The van der Waals surface area contributed by atoms with Gasteiger partial charge in [0.15, 0.2) is 0 Å². The quantitative estimate of drug-likeness (QED) is 0.676. The monoisotopic (exact) mass is 473 g/mol. The maximum absolute atomic E-state index is 14.0. The number of rotatable bonds is 5. The Morgan fingerprint density at radius 3 is 2.35 bits per heavy atom. The van der Waals surface area contributed by atoms with E-state index in [1.165, 1.54) is 0 Å². The maximum atomic E-state index is 14.0. The molecule has 0 saturated carbocycles. The summed E-state index contributed by atoms with van der Waals surface area (Å²) in [6, 6.07) is 19.0. The first kappa shape index (κ1) is 22.4. The zero-order chi connectivity index (χ0) is 23.7. The zero-order valence-corrected chi connectivity index (χ0v) is 19.8. The van der Waals surface area contributed by atoms with E-state index in [-0.39, 0.29) is 23.8 Å². The fraction of sp³-hybridized carbons (Fsp3) is 0.346. The van der Waals surface area contributed by atoms with Crippen LogP contribution >= 0.6 is 12.2 Å².